The van der Waals surface area contributed by atoms with Crippen LogP contribution in [-0.2, 0) is 11.2 Å². The van der Waals surface area contributed by atoms with Crippen LogP contribution in [0.4, 0.5) is 11.4 Å². The van der Waals surface area contributed by atoms with Crippen LogP contribution in [0.2, 0.25) is 0 Å². The van der Waals surface area contributed by atoms with Crippen LogP contribution >= 0.6 is 0 Å². The Labute approximate surface area is 162 Å². The van der Waals surface area contributed by atoms with Crippen molar-refractivity contribution in [2.24, 2.45) is 0 Å². The summed E-state index contributed by atoms with van der Waals surface area (Å²) in [5, 5.41) is 10.2. The quantitative estimate of drug-likeness (QED) is 0.734. The Morgan fingerprint density at radius 3 is 2.71 bits per heavy atom. The van der Waals surface area contributed by atoms with Crippen molar-refractivity contribution in [2.45, 2.75) is 33.1 Å². The fourth-order valence-electron chi connectivity index (χ4n) is 3.37. The first-order chi connectivity index (χ1) is 13.5. The number of aromatic nitrogens is 3. The lowest BCUT2D eigenvalue weighted by Crippen LogP contribution is -2.14. The third-order valence-corrected chi connectivity index (χ3v) is 4.72. The highest BCUT2D eigenvalue weighted by atomic mass is 16.2. The predicted octanol–water partition coefficient (Wildman–Crippen LogP) is 3.41. The zero-order valence-electron chi connectivity index (χ0n) is 15.8. The van der Waals surface area contributed by atoms with Gasteiger partial charge in [0.05, 0.1) is 17.6 Å². The zero-order chi connectivity index (χ0) is 19.7. The number of nitrogens with one attached hydrogen (secondary N) is 2. The summed E-state index contributed by atoms with van der Waals surface area (Å²) in [7, 11) is 0. The third kappa shape index (κ3) is 3.64. The molecule has 7 nitrogen and oxygen atoms in total. The van der Waals surface area contributed by atoms with Gasteiger partial charge in [-0.15, -0.1) is 0 Å². The molecule has 2 N–H and O–H groups in total. The molecule has 3 aromatic rings. The molecule has 0 saturated carbocycles. The number of benzene rings is 1. The van der Waals surface area contributed by atoms with Gasteiger partial charge in [0.1, 0.15) is 0 Å². The highest BCUT2D eigenvalue weighted by Gasteiger charge is 2.15. The molecule has 28 heavy (non-hydrogen) atoms. The number of hydrogen-bond donors (Lipinski definition) is 2. The monoisotopic (exact) mass is 375 g/mol. The van der Waals surface area contributed by atoms with Crippen LogP contribution in [0.3, 0.4) is 0 Å². The van der Waals surface area contributed by atoms with Crippen LogP contribution in [0.5, 0.6) is 0 Å². The van der Waals surface area contributed by atoms with Crippen molar-refractivity contribution >= 4 is 23.2 Å². The van der Waals surface area contributed by atoms with Gasteiger partial charge >= 0.3 is 0 Å². The van der Waals surface area contributed by atoms with Crippen LogP contribution < -0.4 is 10.6 Å². The second kappa shape index (κ2) is 7.26. The highest BCUT2D eigenvalue weighted by molar-refractivity contribution is 6.05. The van der Waals surface area contributed by atoms with Gasteiger partial charge in [-0.1, -0.05) is 0 Å². The molecule has 0 fully saturated rings. The Kier molecular flexibility index (Phi) is 4.65. The highest BCUT2D eigenvalue weighted by Crippen LogP contribution is 2.24. The molecule has 0 saturated heterocycles. The number of rotatable bonds is 3. The van der Waals surface area contributed by atoms with Gasteiger partial charge < -0.3 is 10.6 Å². The van der Waals surface area contributed by atoms with E-state index in [-0.39, 0.29) is 11.8 Å². The molecular formula is C21H21N5O2. The van der Waals surface area contributed by atoms with E-state index in [1.54, 1.807) is 29.1 Å². The minimum absolute atomic E-state index is 0.0183. The van der Waals surface area contributed by atoms with E-state index in [1.807, 2.05) is 32.0 Å². The maximum absolute atomic E-state index is 12.6. The SMILES string of the molecule is Cc1cc(C)n(-c2ccc(NC(=O)c3ccc4c(c3)CCCC(=O)N4)cn2)n1. The first-order valence-electron chi connectivity index (χ1n) is 9.23. The van der Waals surface area contributed by atoms with Crippen LogP contribution in [0.1, 0.15) is 40.2 Å². The molecule has 2 aromatic heterocycles. The number of fused-ring (bicyclic) bond motifs is 1. The minimum atomic E-state index is -0.209. The minimum Gasteiger partial charge on any atom is -0.326 e. The van der Waals surface area contributed by atoms with Crippen molar-refractivity contribution in [1.82, 2.24) is 14.8 Å². The number of aryl methyl sites for hydroxylation is 3. The summed E-state index contributed by atoms with van der Waals surface area (Å²) in [6.45, 7) is 3.90. The fourth-order valence-corrected chi connectivity index (χ4v) is 3.37. The molecule has 0 aliphatic carbocycles. The second-order valence-electron chi connectivity index (χ2n) is 6.97. The average Bonchev–Trinajstić information content (AvgIpc) is 2.90. The van der Waals surface area contributed by atoms with E-state index in [9.17, 15) is 9.59 Å². The Bertz CT molecular complexity index is 1050. The van der Waals surface area contributed by atoms with Gasteiger partial charge in [0.15, 0.2) is 5.82 Å². The number of amides is 2. The van der Waals surface area contributed by atoms with Crippen LogP contribution in [0.15, 0.2) is 42.6 Å². The lowest BCUT2D eigenvalue weighted by molar-refractivity contribution is -0.116. The van der Waals surface area contributed by atoms with E-state index >= 15 is 0 Å². The summed E-state index contributed by atoms with van der Waals surface area (Å²) in [6.07, 6.45) is 3.67. The summed E-state index contributed by atoms with van der Waals surface area (Å²) >= 11 is 0. The molecule has 0 bridgehead atoms. The van der Waals surface area contributed by atoms with Crippen molar-refractivity contribution in [3.8, 4) is 5.82 Å². The smallest absolute Gasteiger partial charge is 0.255 e. The van der Waals surface area contributed by atoms with Crippen LogP contribution in [0.25, 0.3) is 5.82 Å². The molecule has 0 unspecified atom stereocenters. The van der Waals surface area contributed by atoms with Crippen molar-refractivity contribution in [3.63, 3.8) is 0 Å². The van der Waals surface area contributed by atoms with Gasteiger partial charge in [-0.05, 0) is 68.7 Å². The fraction of sp³-hybridized carbons (Fsp3) is 0.238. The maximum atomic E-state index is 12.6. The summed E-state index contributed by atoms with van der Waals surface area (Å²) in [4.78, 5) is 28.7. The molecular weight excluding hydrogens is 354 g/mol. The number of hydrogen-bond acceptors (Lipinski definition) is 4. The molecule has 0 spiro atoms. The van der Waals surface area contributed by atoms with Crippen molar-refractivity contribution in [3.05, 3.63) is 65.1 Å². The van der Waals surface area contributed by atoms with Gasteiger partial charge in [-0.2, -0.15) is 5.10 Å². The Morgan fingerprint density at radius 2 is 2.00 bits per heavy atom. The molecule has 3 heterocycles. The van der Waals surface area contributed by atoms with E-state index in [4.69, 9.17) is 0 Å². The van der Waals surface area contributed by atoms with E-state index in [0.717, 1.165) is 35.5 Å². The van der Waals surface area contributed by atoms with Crippen molar-refractivity contribution in [2.75, 3.05) is 10.6 Å². The third-order valence-electron chi connectivity index (χ3n) is 4.72. The first-order valence-corrected chi connectivity index (χ1v) is 9.23. The number of carbonyl (C=O) groups is 2. The summed E-state index contributed by atoms with van der Waals surface area (Å²) in [6, 6.07) is 11.0. The molecule has 0 atom stereocenters. The second-order valence-corrected chi connectivity index (χ2v) is 6.97. The van der Waals surface area contributed by atoms with Crippen LogP contribution in [-0.4, -0.2) is 26.6 Å². The predicted molar refractivity (Wildman–Crippen MR) is 107 cm³/mol. The van der Waals surface area contributed by atoms with Gasteiger partial charge in [-0.25, -0.2) is 9.67 Å². The number of pyridine rings is 1. The van der Waals surface area contributed by atoms with Gasteiger partial charge in [-0.3, -0.25) is 9.59 Å². The molecule has 7 heteroatoms. The summed E-state index contributed by atoms with van der Waals surface area (Å²) in [5.41, 5.74) is 4.86. The summed E-state index contributed by atoms with van der Waals surface area (Å²) < 4.78 is 1.77. The Morgan fingerprint density at radius 1 is 1.14 bits per heavy atom. The van der Waals surface area contributed by atoms with Crippen LogP contribution in [0, 0.1) is 13.8 Å². The van der Waals surface area contributed by atoms with Gasteiger partial charge in [0, 0.05) is 23.4 Å². The van der Waals surface area contributed by atoms with Crippen molar-refractivity contribution in [1.29, 1.82) is 0 Å². The largest absolute Gasteiger partial charge is 0.326 e. The van der Waals surface area contributed by atoms with E-state index in [0.29, 0.717) is 23.5 Å². The normalized spacial score (nSPS) is 13.4. The summed E-state index contributed by atoms with van der Waals surface area (Å²) in [5.74, 6) is 0.508. The van der Waals surface area contributed by atoms with E-state index in [2.05, 4.69) is 20.7 Å². The molecule has 0 radical (unpaired) electrons. The average molecular weight is 375 g/mol. The zero-order valence-corrected chi connectivity index (χ0v) is 15.8. The Hall–Kier alpha value is -3.48. The van der Waals surface area contributed by atoms with Gasteiger partial charge in [0.2, 0.25) is 5.91 Å². The topological polar surface area (TPSA) is 88.9 Å². The molecule has 2 amide bonds. The molecule has 4 rings (SSSR count). The number of nitrogens with zero attached hydrogens (tertiary/aromatic N) is 3. The first kappa shape index (κ1) is 17.9. The lowest BCUT2D eigenvalue weighted by atomic mass is 10.0. The molecule has 1 aliphatic heterocycles. The lowest BCUT2D eigenvalue weighted by Gasteiger charge is -2.10. The Balaban J connectivity index is 1.50. The molecule has 1 aliphatic rings. The number of anilines is 2. The maximum Gasteiger partial charge on any atom is 0.255 e. The van der Waals surface area contributed by atoms with Crippen molar-refractivity contribution < 1.29 is 9.59 Å². The number of carbonyl (C=O) groups excluding carboxylic acids is 2. The van der Waals surface area contributed by atoms with E-state index < -0.39 is 0 Å². The van der Waals surface area contributed by atoms with Gasteiger partial charge in [0.25, 0.3) is 5.91 Å². The molecule has 142 valence electrons. The standard InChI is InChI=1S/C21H21N5O2/c1-13-10-14(2)26(25-13)19-9-7-17(12-22-19)23-21(28)16-6-8-18-15(11-16)4-3-5-20(27)24-18/h6-12H,3-5H2,1-2H3,(H,23,28)(H,24,27). The molecule has 1 aromatic carbocycles. The van der Waals surface area contributed by atoms with E-state index in [1.165, 1.54) is 0 Å².